The zero-order valence-electron chi connectivity index (χ0n) is 18.9. The van der Waals surface area contributed by atoms with Crippen molar-refractivity contribution in [3.8, 4) is 5.75 Å². The van der Waals surface area contributed by atoms with Crippen LogP contribution in [0.5, 0.6) is 5.75 Å². The molecule has 2 N–H and O–H groups in total. The Labute approximate surface area is 185 Å². The monoisotopic (exact) mass is 416 g/mol. The van der Waals surface area contributed by atoms with Crippen molar-refractivity contribution in [2.45, 2.75) is 46.0 Å². The number of rotatable bonds is 8. The standard InChI is InChI=1S/C27H32N2O2/c1-20-11-15-22(16-12-20)28-24-8-5-6-9-25(24)29-26(30)10-7-19-31-23-17-13-21(14-18-23)27(2,3)4/h5-6,8-9,11-18,28H,7,10,19H2,1-4H3,(H,29,30). The zero-order chi connectivity index (χ0) is 22.3. The molecule has 0 atom stereocenters. The van der Waals surface area contributed by atoms with Crippen LogP contribution >= 0.6 is 0 Å². The number of benzene rings is 3. The molecule has 0 aliphatic heterocycles. The fourth-order valence-corrected chi connectivity index (χ4v) is 3.18. The summed E-state index contributed by atoms with van der Waals surface area (Å²) in [5.74, 6) is 0.811. The number of carbonyl (C=O) groups is 1. The van der Waals surface area contributed by atoms with Gasteiger partial charge in [-0.15, -0.1) is 0 Å². The van der Waals surface area contributed by atoms with Crippen LogP contribution in [0.4, 0.5) is 17.1 Å². The Kier molecular flexibility index (Phi) is 7.35. The van der Waals surface area contributed by atoms with E-state index in [1.807, 2.05) is 48.5 Å². The van der Waals surface area contributed by atoms with Crippen LogP contribution in [-0.2, 0) is 10.2 Å². The molecule has 3 rings (SSSR count). The van der Waals surface area contributed by atoms with Crippen molar-refractivity contribution in [1.82, 2.24) is 0 Å². The third-order valence-electron chi connectivity index (χ3n) is 5.07. The molecule has 0 unspecified atom stereocenters. The van der Waals surface area contributed by atoms with Gasteiger partial charge in [0.2, 0.25) is 5.91 Å². The van der Waals surface area contributed by atoms with E-state index in [9.17, 15) is 4.79 Å². The second-order valence-corrected chi connectivity index (χ2v) is 8.81. The van der Waals surface area contributed by atoms with Crippen LogP contribution in [0.15, 0.2) is 72.8 Å². The Bertz CT molecular complexity index is 987. The summed E-state index contributed by atoms with van der Waals surface area (Å²) in [5.41, 5.74) is 5.23. The van der Waals surface area contributed by atoms with Crippen molar-refractivity contribution in [3.05, 3.63) is 83.9 Å². The number of ether oxygens (including phenoxy) is 1. The molecule has 0 aliphatic carbocycles. The fourth-order valence-electron chi connectivity index (χ4n) is 3.18. The molecule has 3 aromatic rings. The van der Waals surface area contributed by atoms with Gasteiger partial charge in [0, 0.05) is 12.1 Å². The molecular formula is C27H32N2O2. The van der Waals surface area contributed by atoms with E-state index < -0.39 is 0 Å². The number of hydrogen-bond acceptors (Lipinski definition) is 3. The Morgan fingerprint density at radius 2 is 1.52 bits per heavy atom. The van der Waals surface area contributed by atoms with Crippen LogP contribution < -0.4 is 15.4 Å². The van der Waals surface area contributed by atoms with Gasteiger partial charge >= 0.3 is 0 Å². The molecule has 0 radical (unpaired) electrons. The third-order valence-corrected chi connectivity index (χ3v) is 5.07. The Balaban J connectivity index is 1.47. The van der Waals surface area contributed by atoms with Crippen molar-refractivity contribution in [1.29, 1.82) is 0 Å². The summed E-state index contributed by atoms with van der Waals surface area (Å²) in [6.07, 6.45) is 1.05. The van der Waals surface area contributed by atoms with Gasteiger partial charge in [-0.25, -0.2) is 0 Å². The maximum atomic E-state index is 12.4. The largest absolute Gasteiger partial charge is 0.494 e. The van der Waals surface area contributed by atoms with Crippen molar-refractivity contribution in [3.63, 3.8) is 0 Å². The molecule has 0 fully saturated rings. The normalized spacial score (nSPS) is 11.1. The maximum Gasteiger partial charge on any atom is 0.224 e. The molecule has 0 saturated heterocycles. The van der Waals surface area contributed by atoms with Crippen LogP contribution in [-0.4, -0.2) is 12.5 Å². The van der Waals surface area contributed by atoms with Crippen LogP contribution in [0, 0.1) is 6.92 Å². The second-order valence-electron chi connectivity index (χ2n) is 8.81. The Morgan fingerprint density at radius 3 is 2.16 bits per heavy atom. The quantitative estimate of drug-likeness (QED) is 0.396. The van der Waals surface area contributed by atoms with Gasteiger partial charge in [0.1, 0.15) is 5.75 Å². The lowest BCUT2D eigenvalue weighted by Crippen LogP contribution is -2.14. The van der Waals surface area contributed by atoms with Gasteiger partial charge in [0.05, 0.1) is 18.0 Å². The number of hydrogen-bond donors (Lipinski definition) is 2. The number of anilines is 3. The van der Waals surface area contributed by atoms with Crippen molar-refractivity contribution < 1.29 is 9.53 Å². The summed E-state index contributed by atoms with van der Waals surface area (Å²) in [7, 11) is 0. The fraction of sp³-hybridized carbons (Fsp3) is 0.296. The molecule has 0 heterocycles. The van der Waals surface area contributed by atoms with E-state index in [-0.39, 0.29) is 11.3 Å². The molecule has 162 valence electrons. The highest BCUT2D eigenvalue weighted by Gasteiger charge is 2.13. The Morgan fingerprint density at radius 1 is 0.871 bits per heavy atom. The van der Waals surface area contributed by atoms with Gasteiger partial charge in [-0.05, 0) is 60.7 Å². The first-order chi connectivity index (χ1) is 14.8. The highest BCUT2D eigenvalue weighted by Crippen LogP contribution is 2.26. The summed E-state index contributed by atoms with van der Waals surface area (Å²) in [5, 5.41) is 6.38. The first kappa shape index (κ1) is 22.4. The van der Waals surface area contributed by atoms with Gasteiger partial charge < -0.3 is 15.4 Å². The molecular weight excluding hydrogens is 384 g/mol. The predicted molar refractivity (Wildman–Crippen MR) is 129 cm³/mol. The molecule has 4 nitrogen and oxygen atoms in total. The molecule has 0 bridgehead atoms. The van der Waals surface area contributed by atoms with Gasteiger partial charge in [0.15, 0.2) is 0 Å². The van der Waals surface area contributed by atoms with Crippen molar-refractivity contribution in [2.75, 3.05) is 17.2 Å². The van der Waals surface area contributed by atoms with Crippen LogP contribution in [0.3, 0.4) is 0 Å². The zero-order valence-corrected chi connectivity index (χ0v) is 18.9. The molecule has 3 aromatic carbocycles. The summed E-state index contributed by atoms with van der Waals surface area (Å²) in [4.78, 5) is 12.4. The Hall–Kier alpha value is -3.27. The number of amides is 1. The SMILES string of the molecule is Cc1ccc(Nc2ccccc2NC(=O)CCCOc2ccc(C(C)(C)C)cc2)cc1. The number of carbonyl (C=O) groups excluding carboxylic acids is 1. The molecule has 0 aromatic heterocycles. The maximum absolute atomic E-state index is 12.4. The van der Waals surface area contributed by atoms with E-state index in [0.717, 1.165) is 22.8 Å². The molecule has 0 saturated carbocycles. The summed E-state index contributed by atoms with van der Waals surface area (Å²) >= 11 is 0. The molecule has 0 spiro atoms. The average molecular weight is 417 g/mol. The minimum Gasteiger partial charge on any atom is -0.494 e. The highest BCUT2D eigenvalue weighted by atomic mass is 16.5. The first-order valence-corrected chi connectivity index (χ1v) is 10.8. The predicted octanol–water partition coefficient (Wildman–Crippen LogP) is 6.83. The van der Waals surface area contributed by atoms with Crippen LogP contribution in [0.25, 0.3) is 0 Å². The average Bonchev–Trinajstić information content (AvgIpc) is 2.74. The van der Waals surface area contributed by atoms with Gasteiger partial charge in [0.25, 0.3) is 0 Å². The lowest BCUT2D eigenvalue weighted by Gasteiger charge is -2.19. The van der Waals surface area contributed by atoms with Gasteiger partial charge in [-0.2, -0.15) is 0 Å². The second kappa shape index (κ2) is 10.2. The lowest BCUT2D eigenvalue weighted by molar-refractivity contribution is -0.116. The number of nitrogens with one attached hydrogen (secondary N) is 2. The first-order valence-electron chi connectivity index (χ1n) is 10.8. The summed E-state index contributed by atoms with van der Waals surface area (Å²) < 4.78 is 5.79. The highest BCUT2D eigenvalue weighted by molar-refractivity contribution is 5.94. The third kappa shape index (κ3) is 6.88. The van der Waals surface area contributed by atoms with Crippen LogP contribution in [0.1, 0.15) is 44.7 Å². The van der Waals surface area contributed by atoms with E-state index in [1.165, 1.54) is 11.1 Å². The van der Waals surface area contributed by atoms with Crippen molar-refractivity contribution in [2.24, 2.45) is 0 Å². The molecule has 4 heteroatoms. The van der Waals surface area contributed by atoms with E-state index >= 15 is 0 Å². The van der Waals surface area contributed by atoms with E-state index in [1.54, 1.807) is 0 Å². The van der Waals surface area contributed by atoms with Gasteiger partial charge in [-0.1, -0.05) is 62.7 Å². The topological polar surface area (TPSA) is 50.4 Å². The lowest BCUT2D eigenvalue weighted by atomic mass is 9.87. The molecule has 1 amide bonds. The van der Waals surface area contributed by atoms with E-state index in [2.05, 4.69) is 62.6 Å². The number of aryl methyl sites for hydroxylation is 1. The minimum atomic E-state index is -0.0233. The smallest absolute Gasteiger partial charge is 0.224 e. The number of para-hydroxylation sites is 2. The summed E-state index contributed by atoms with van der Waals surface area (Å²) in [6, 6.07) is 24.1. The summed E-state index contributed by atoms with van der Waals surface area (Å²) in [6.45, 7) is 9.13. The van der Waals surface area contributed by atoms with E-state index in [0.29, 0.717) is 19.4 Å². The van der Waals surface area contributed by atoms with Crippen molar-refractivity contribution >= 4 is 23.0 Å². The van der Waals surface area contributed by atoms with Crippen LogP contribution in [0.2, 0.25) is 0 Å². The molecule has 31 heavy (non-hydrogen) atoms. The van der Waals surface area contributed by atoms with Gasteiger partial charge in [-0.3, -0.25) is 4.79 Å². The molecule has 0 aliphatic rings. The minimum absolute atomic E-state index is 0.0233. The van der Waals surface area contributed by atoms with E-state index in [4.69, 9.17) is 4.74 Å².